The largest absolute Gasteiger partial charge is 0.361 e. The molecular formula is C16H25N3O2. The van der Waals surface area contributed by atoms with Crippen molar-refractivity contribution >= 4 is 5.91 Å². The maximum Gasteiger partial charge on any atom is 0.259 e. The van der Waals surface area contributed by atoms with Crippen LogP contribution in [0.15, 0.2) is 4.52 Å². The monoisotopic (exact) mass is 291 g/mol. The first-order chi connectivity index (χ1) is 9.92. The molecule has 0 radical (unpaired) electrons. The van der Waals surface area contributed by atoms with Crippen LogP contribution in [0.1, 0.15) is 47.5 Å². The van der Waals surface area contributed by atoms with Crippen LogP contribution in [0.5, 0.6) is 0 Å². The zero-order valence-corrected chi connectivity index (χ0v) is 13.5. The molecule has 0 unspecified atom stereocenters. The summed E-state index contributed by atoms with van der Waals surface area (Å²) in [6.45, 7) is 5.38. The first kappa shape index (κ1) is 14.6. The molecule has 116 valence electrons. The minimum absolute atomic E-state index is 0.0876. The van der Waals surface area contributed by atoms with Crippen molar-refractivity contribution in [2.45, 2.75) is 45.6 Å². The highest BCUT2D eigenvalue weighted by Crippen LogP contribution is 2.50. The third-order valence-electron chi connectivity index (χ3n) is 5.43. The number of carbonyl (C=O) groups is 1. The van der Waals surface area contributed by atoms with Crippen molar-refractivity contribution in [2.75, 3.05) is 27.2 Å². The van der Waals surface area contributed by atoms with Crippen LogP contribution in [0.2, 0.25) is 0 Å². The number of aromatic nitrogens is 1. The Balaban J connectivity index is 1.61. The molecule has 0 atom stereocenters. The molecule has 0 bridgehead atoms. The number of rotatable bonds is 2. The molecule has 2 fully saturated rings. The van der Waals surface area contributed by atoms with Crippen molar-refractivity contribution < 1.29 is 9.32 Å². The summed E-state index contributed by atoms with van der Waals surface area (Å²) in [5, 5.41) is 3.89. The second-order valence-electron chi connectivity index (χ2n) is 7.02. The molecule has 1 saturated heterocycles. The van der Waals surface area contributed by atoms with E-state index in [1.165, 1.54) is 12.8 Å². The highest BCUT2D eigenvalue weighted by Gasteiger charge is 2.47. The van der Waals surface area contributed by atoms with Crippen LogP contribution in [0.4, 0.5) is 0 Å². The van der Waals surface area contributed by atoms with E-state index < -0.39 is 0 Å². The summed E-state index contributed by atoms with van der Waals surface area (Å²) >= 11 is 0. The van der Waals surface area contributed by atoms with Gasteiger partial charge in [0.25, 0.3) is 5.91 Å². The highest BCUT2D eigenvalue weighted by atomic mass is 16.5. The van der Waals surface area contributed by atoms with E-state index >= 15 is 0 Å². The molecule has 1 spiro atoms. The van der Waals surface area contributed by atoms with Gasteiger partial charge in [0.1, 0.15) is 11.3 Å². The maximum atomic E-state index is 12.6. The van der Waals surface area contributed by atoms with Crippen molar-refractivity contribution in [3.63, 3.8) is 0 Å². The number of amides is 1. The van der Waals surface area contributed by atoms with Crippen LogP contribution in [0, 0.1) is 19.3 Å². The summed E-state index contributed by atoms with van der Waals surface area (Å²) in [6, 6.07) is 0.731. The van der Waals surface area contributed by atoms with Crippen molar-refractivity contribution in [3.8, 4) is 0 Å². The van der Waals surface area contributed by atoms with Gasteiger partial charge in [0.15, 0.2) is 0 Å². The SMILES string of the molecule is Cc1noc(C)c1C(=O)N1CCC2(CC1)CC(N(C)C)C2. The Morgan fingerprint density at radius 1 is 1.29 bits per heavy atom. The Bertz CT molecular complexity index is 514. The minimum Gasteiger partial charge on any atom is -0.361 e. The minimum atomic E-state index is 0.0876. The average molecular weight is 291 g/mol. The van der Waals surface area contributed by atoms with Crippen molar-refractivity contribution in [1.82, 2.24) is 15.0 Å². The molecule has 1 aromatic rings. The Morgan fingerprint density at radius 2 is 1.90 bits per heavy atom. The molecule has 0 aromatic carbocycles. The standard InChI is InChI=1S/C16H25N3O2/c1-11-14(12(2)21-17-11)15(20)19-7-5-16(6-8-19)9-13(10-16)18(3)4/h13H,5-10H2,1-4H3. The van der Waals surface area contributed by atoms with Crippen molar-refractivity contribution in [1.29, 1.82) is 0 Å². The van der Waals surface area contributed by atoms with Gasteiger partial charge in [0.05, 0.1) is 5.69 Å². The molecule has 1 aliphatic carbocycles. The first-order valence-corrected chi connectivity index (χ1v) is 7.80. The smallest absolute Gasteiger partial charge is 0.259 e. The topological polar surface area (TPSA) is 49.6 Å². The molecule has 5 heteroatoms. The van der Waals surface area contributed by atoms with E-state index in [1.807, 2.05) is 18.7 Å². The van der Waals surface area contributed by atoms with E-state index in [1.54, 1.807) is 0 Å². The molecule has 1 aromatic heterocycles. The van der Waals surface area contributed by atoms with Gasteiger partial charge in [-0.2, -0.15) is 0 Å². The molecule has 5 nitrogen and oxygen atoms in total. The molecule has 2 heterocycles. The van der Waals surface area contributed by atoms with Gasteiger partial charge in [-0.05, 0) is 59.0 Å². The van der Waals surface area contributed by atoms with E-state index in [0.29, 0.717) is 22.4 Å². The summed E-state index contributed by atoms with van der Waals surface area (Å²) in [5.74, 6) is 0.721. The van der Waals surface area contributed by atoms with Crippen LogP contribution >= 0.6 is 0 Å². The first-order valence-electron chi connectivity index (χ1n) is 7.80. The Morgan fingerprint density at radius 3 is 2.38 bits per heavy atom. The van der Waals surface area contributed by atoms with E-state index in [4.69, 9.17) is 4.52 Å². The Kier molecular flexibility index (Phi) is 3.56. The van der Waals surface area contributed by atoms with Gasteiger partial charge < -0.3 is 14.3 Å². The number of hydrogen-bond donors (Lipinski definition) is 0. The number of hydrogen-bond acceptors (Lipinski definition) is 4. The zero-order valence-electron chi connectivity index (χ0n) is 13.5. The van der Waals surface area contributed by atoms with E-state index in [9.17, 15) is 4.79 Å². The lowest BCUT2D eigenvalue weighted by molar-refractivity contribution is -0.0231. The van der Waals surface area contributed by atoms with Gasteiger partial charge >= 0.3 is 0 Å². The number of likely N-dealkylation sites (tertiary alicyclic amines) is 1. The van der Waals surface area contributed by atoms with Crippen molar-refractivity contribution in [3.05, 3.63) is 17.0 Å². The number of carbonyl (C=O) groups excluding carboxylic acids is 1. The molecule has 1 aliphatic heterocycles. The highest BCUT2D eigenvalue weighted by molar-refractivity contribution is 5.96. The number of nitrogens with zero attached hydrogens (tertiary/aromatic N) is 3. The van der Waals surface area contributed by atoms with Crippen LogP contribution in [0.3, 0.4) is 0 Å². The van der Waals surface area contributed by atoms with Gasteiger partial charge in [-0.15, -0.1) is 0 Å². The van der Waals surface area contributed by atoms with E-state index in [2.05, 4.69) is 24.2 Å². The zero-order chi connectivity index (χ0) is 15.2. The molecule has 1 saturated carbocycles. The normalized spacial score (nSPS) is 21.9. The van der Waals surface area contributed by atoms with Gasteiger partial charge in [0, 0.05) is 19.1 Å². The average Bonchev–Trinajstić information content (AvgIpc) is 2.74. The summed E-state index contributed by atoms with van der Waals surface area (Å²) < 4.78 is 5.12. The molecule has 1 amide bonds. The van der Waals surface area contributed by atoms with Crippen LogP contribution in [-0.4, -0.2) is 54.1 Å². The molecule has 21 heavy (non-hydrogen) atoms. The second kappa shape index (κ2) is 5.13. The van der Waals surface area contributed by atoms with E-state index in [0.717, 1.165) is 32.0 Å². The van der Waals surface area contributed by atoms with Crippen LogP contribution in [0.25, 0.3) is 0 Å². The van der Waals surface area contributed by atoms with Crippen LogP contribution in [-0.2, 0) is 0 Å². The fraction of sp³-hybridized carbons (Fsp3) is 0.750. The lowest BCUT2D eigenvalue weighted by atomic mass is 9.60. The predicted molar refractivity (Wildman–Crippen MR) is 80.3 cm³/mol. The lowest BCUT2D eigenvalue weighted by Gasteiger charge is -2.54. The van der Waals surface area contributed by atoms with E-state index in [-0.39, 0.29) is 5.91 Å². The van der Waals surface area contributed by atoms with Crippen molar-refractivity contribution in [2.24, 2.45) is 5.41 Å². The molecule has 0 N–H and O–H groups in total. The summed E-state index contributed by atoms with van der Waals surface area (Å²) in [7, 11) is 4.32. The molecule has 3 rings (SSSR count). The Labute approximate surface area is 126 Å². The maximum absolute atomic E-state index is 12.6. The fourth-order valence-electron chi connectivity index (χ4n) is 3.84. The Hall–Kier alpha value is -1.36. The third-order valence-corrected chi connectivity index (χ3v) is 5.43. The van der Waals surface area contributed by atoms with Gasteiger partial charge in [0.2, 0.25) is 0 Å². The predicted octanol–water partition coefficient (Wildman–Crippen LogP) is 2.24. The number of aryl methyl sites for hydroxylation is 2. The quantitative estimate of drug-likeness (QED) is 0.838. The number of piperidine rings is 1. The second-order valence-corrected chi connectivity index (χ2v) is 7.02. The van der Waals surface area contributed by atoms with Gasteiger partial charge in [-0.1, -0.05) is 5.16 Å². The van der Waals surface area contributed by atoms with Crippen LogP contribution < -0.4 is 0 Å². The van der Waals surface area contributed by atoms with Gasteiger partial charge in [-0.25, -0.2) is 0 Å². The summed E-state index contributed by atoms with van der Waals surface area (Å²) in [5.41, 5.74) is 1.85. The summed E-state index contributed by atoms with van der Waals surface area (Å²) in [6.07, 6.45) is 4.83. The molecular weight excluding hydrogens is 266 g/mol. The summed E-state index contributed by atoms with van der Waals surface area (Å²) in [4.78, 5) is 16.9. The lowest BCUT2D eigenvalue weighted by Crippen LogP contribution is -2.54. The third kappa shape index (κ3) is 2.48. The molecule has 2 aliphatic rings. The van der Waals surface area contributed by atoms with Gasteiger partial charge in [-0.3, -0.25) is 4.79 Å². The fourth-order valence-corrected chi connectivity index (χ4v) is 3.84.